The number of nitrogens with zero attached hydrogens (tertiary/aromatic N) is 2. The molecule has 2 rings (SSSR count). The Morgan fingerprint density at radius 3 is 3.18 bits per heavy atom. The standard InChI is InChI=1S/C12H22N4O/c1-16-11(6-7-14-16)5-4-10(15-13)9-12-3-2-8-17-12/h6-7,10,12,15H,2-5,8-9,13H2,1H3. The van der Waals surface area contributed by atoms with Crippen LogP contribution in [0.5, 0.6) is 0 Å². The largest absolute Gasteiger partial charge is 0.378 e. The van der Waals surface area contributed by atoms with Crippen molar-refractivity contribution in [3.8, 4) is 0 Å². The molecule has 0 radical (unpaired) electrons. The van der Waals surface area contributed by atoms with Crippen LogP contribution >= 0.6 is 0 Å². The second kappa shape index (κ2) is 6.14. The first-order valence-corrected chi connectivity index (χ1v) is 6.34. The number of hydrazine groups is 1. The molecule has 1 aliphatic rings. The molecule has 2 heterocycles. The maximum Gasteiger partial charge on any atom is 0.0591 e. The van der Waals surface area contributed by atoms with E-state index < -0.39 is 0 Å². The molecule has 3 N–H and O–H groups in total. The monoisotopic (exact) mass is 238 g/mol. The lowest BCUT2D eigenvalue weighted by Gasteiger charge is -2.19. The molecule has 2 unspecified atom stereocenters. The summed E-state index contributed by atoms with van der Waals surface area (Å²) in [5, 5.41) is 4.16. The second-order valence-corrected chi connectivity index (χ2v) is 4.72. The number of nitrogens with two attached hydrogens (primary N) is 1. The molecule has 5 heteroatoms. The molecule has 1 aliphatic heterocycles. The summed E-state index contributed by atoms with van der Waals surface area (Å²) in [6.45, 7) is 0.906. The second-order valence-electron chi connectivity index (χ2n) is 4.72. The first kappa shape index (κ1) is 12.5. The zero-order valence-corrected chi connectivity index (χ0v) is 10.4. The van der Waals surface area contributed by atoms with Crippen LogP contribution in [0.15, 0.2) is 12.3 Å². The Morgan fingerprint density at radius 1 is 1.71 bits per heavy atom. The Hall–Kier alpha value is -0.910. The smallest absolute Gasteiger partial charge is 0.0591 e. The van der Waals surface area contributed by atoms with Gasteiger partial charge in [0.05, 0.1) is 6.10 Å². The Balaban J connectivity index is 1.77. The van der Waals surface area contributed by atoms with Crippen molar-refractivity contribution < 1.29 is 4.74 Å². The van der Waals surface area contributed by atoms with Crippen LogP contribution in [0.1, 0.15) is 31.4 Å². The molecule has 96 valence electrons. The fourth-order valence-corrected chi connectivity index (χ4v) is 2.39. The summed E-state index contributed by atoms with van der Waals surface area (Å²) >= 11 is 0. The summed E-state index contributed by atoms with van der Waals surface area (Å²) in [6.07, 6.45) is 7.61. The topological polar surface area (TPSA) is 65.1 Å². The molecule has 17 heavy (non-hydrogen) atoms. The highest BCUT2D eigenvalue weighted by Crippen LogP contribution is 2.18. The Kier molecular flexibility index (Phi) is 4.53. The summed E-state index contributed by atoms with van der Waals surface area (Å²) in [5.41, 5.74) is 4.15. The van der Waals surface area contributed by atoms with E-state index in [4.69, 9.17) is 10.6 Å². The van der Waals surface area contributed by atoms with Gasteiger partial charge in [-0.1, -0.05) is 0 Å². The highest BCUT2D eigenvalue weighted by Gasteiger charge is 2.20. The van der Waals surface area contributed by atoms with Gasteiger partial charge in [-0.15, -0.1) is 0 Å². The van der Waals surface area contributed by atoms with Crippen molar-refractivity contribution in [3.05, 3.63) is 18.0 Å². The van der Waals surface area contributed by atoms with E-state index in [-0.39, 0.29) is 0 Å². The van der Waals surface area contributed by atoms with E-state index in [2.05, 4.69) is 16.6 Å². The van der Waals surface area contributed by atoms with Crippen LogP contribution in [0.2, 0.25) is 0 Å². The quantitative estimate of drug-likeness (QED) is 0.567. The van der Waals surface area contributed by atoms with Crippen molar-refractivity contribution in [2.75, 3.05) is 6.61 Å². The lowest BCUT2D eigenvalue weighted by atomic mass is 10.0. The molecule has 0 bridgehead atoms. The molecule has 0 aliphatic carbocycles. The number of aryl methyl sites for hydroxylation is 2. The molecule has 1 aromatic heterocycles. The molecule has 2 atom stereocenters. The van der Waals surface area contributed by atoms with Crippen LogP contribution in [0.25, 0.3) is 0 Å². The van der Waals surface area contributed by atoms with Gasteiger partial charge in [0.15, 0.2) is 0 Å². The molecule has 5 nitrogen and oxygen atoms in total. The molecule has 0 amide bonds. The van der Waals surface area contributed by atoms with Gasteiger partial charge in [-0.3, -0.25) is 16.0 Å². The minimum atomic E-state index is 0.327. The number of nitrogens with one attached hydrogen (secondary N) is 1. The van der Waals surface area contributed by atoms with Crippen LogP contribution in [0.4, 0.5) is 0 Å². The molecule has 1 fully saturated rings. The SMILES string of the molecule is Cn1nccc1CCC(CC1CCCO1)NN. The average Bonchev–Trinajstić information content (AvgIpc) is 2.96. The molecule has 0 aromatic carbocycles. The van der Waals surface area contributed by atoms with E-state index in [1.54, 1.807) is 0 Å². The predicted octanol–water partition coefficient (Wildman–Crippen LogP) is 0.754. The number of rotatable bonds is 6. The molecule has 0 saturated carbocycles. The summed E-state index contributed by atoms with van der Waals surface area (Å²) in [4.78, 5) is 0. The van der Waals surface area contributed by atoms with Gasteiger partial charge in [-0.2, -0.15) is 5.10 Å². The highest BCUT2D eigenvalue weighted by atomic mass is 16.5. The molecule has 1 aromatic rings. The van der Waals surface area contributed by atoms with Gasteiger partial charge in [0.1, 0.15) is 0 Å². The Labute approximate surface area is 102 Å². The van der Waals surface area contributed by atoms with Gasteiger partial charge in [-0.25, -0.2) is 0 Å². The third-order valence-corrected chi connectivity index (χ3v) is 3.48. The number of hydrogen-bond donors (Lipinski definition) is 2. The fourth-order valence-electron chi connectivity index (χ4n) is 2.39. The molecular formula is C12H22N4O. The zero-order valence-electron chi connectivity index (χ0n) is 10.4. The molecule has 0 spiro atoms. The van der Waals surface area contributed by atoms with Crippen molar-refractivity contribution >= 4 is 0 Å². The highest BCUT2D eigenvalue weighted by molar-refractivity contribution is 5.00. The predicted molar refractivity (Wildman–Crippen MR) is 66.2 cm³/mol. The summed E-state index contributed by atoms with van der Waals surface area (Å²) < 4.78 is 7.55. The first-order valence-electron chi connectivity index (χ1n) is 6.34. The van der Waals surface area contributed by atoms with E-state index >= 15 is 0 Å². The van der Waals surface area contributed by atoms with Crippen LogP contribution in [-0.4, -0.2) is 28.5 Å². The normalized spacial score (nSPS) is 21.9. The van der Waals surface area contributed by atoms with E-state index in [9.17, 15) is 0 Å². The van der Waals surface area contributed by atoms with Crippen molar-refractivity contribution in [1.82, 2.24) is 15.2 Å². The van der Waals surface area contributed by atoms with Crippen LogP contribution in [0.3, 0.4) is 0 Å². The van der Waals surface area contributed by atoms with E-state index in [1.165, 1.54) is 18.5 Å². The van der Waals surface area contributed by atoms with E-state index in [1.807, 2.05) is 17.9 Å². The van der Waals surface area contributed by atoms with Crippen molar-refractivity contribution in [1.29, 1.82) is 0 Å². The third kappa shape index (κ3) is 3.52. The Morgan fingerprint density at radius 2 is 2.59 bits per heavy atom. The van der Waals surface area contributed by atoms with Crippen molar-refractivity contribution in [2.45, 2.75) is 44.2 Å². The maximum absolute atomic E-state index is 5.63. The maximum atomic E-state index is 5.63. The van der Waals surface area contributed by atoms with Crippen molar-refractivity contribution in [3.63, 3.8) is 0 Å². The number of aromatic nitrogens is 2. The summed E-state index contributed by atoms with van der Waals surface area (Å²) in [6, 6.07) is 2.38. The van der Waals surface area contributed by atoms with Gasteiger partial charge in [0.2, 0.25) is 0 Å². The third-order valence-electron chi connectivity index (χ3n) is 3.48. The number of hydrogen-bond acceptors (Lipinski definition) is 4. The van der Waals surface area contributed by atoms with Gasteiger partial charge >= 0.3 is 0 Å². The van der Waals surface area contributed by atoms with E-state index in [0.717, 1.165) is 25.9 Å². The number of ether oxygens (including phenoxy) is 1. The van der Waals surface area contributed by atoms with Crippen molar-refractivity contribution in [2.24, 2.45) is 12.9 Å². The van der Waals surface area contributed by atoms with E-state index in [0.29, 0.717) is 12.1 Å². The molecule has 1 saturated heterocycles. The zero-order chi connectivity index (χ0) is 12.1. The fraction of sp³-hybridized carbons (Fsp3) is 0.750. The van der Waals surface area contributed by atoms with Gasteiger partial charge < -0.3 is 4.74 Å². The van der Waals surface area contributed by atoms with Crippen LogP contribution < -0.4 is 11.3 Å². The molecular weight excluding hydrogens is 216 g/mol. The summed E-state index contributed by atoms with van der Waals surface area (Å²) in [5.74, 6) is 5.60. The van der Waals surface area contributed by atoms with Crippen LogP contribution in [-0.2, 0) is 18.2 Å². The lowest BCUT2D eigenvalue weighted by Crippen LogP contribution is -2.38. The lowest BCUT2D eigenvalue weighted by molar-refractivity contribution is 0.0936. The average molecular weight is 238 g/mol. The van der Waals surface area contributed by atoms with Crippen LogP contribution in [0, 0.1) is 0 Å². The minimum absolute atomic E-state index is 0.327. The minimum Gasteiger partial charge on any atom is -0.378 e. The van der Waals surface area contributed by atoms with Gasteiger partial charge in [0, 0.05) is 31.6 Å². The first-order chi connectivity index (χ1) is 8.29. The van der Waals surface area contributed by atoms with Gasteiger partial charge in [-0.05, 0) is 38.2 Å². The Bertz CT molecular complexity index is 333. The van der Waals surface area contributed by atoms with Gasteiger partial charge in [0.25, 0.3) is 0 Å². The summed E-state index contributed by atoms with van der Waals surface area (Å²) in [7, 11) is 1.97.